The lowest BCUT2D eigenvalue weighted by Crippen LogP contribution is -2.37. The number of hydrogen-bond donors (Lipinski definition) is 2. The Bertz CT molecular complexity index is 1450. The number of thiophene rings is 1. The minimum atomic E-state index is -4.29. The lowest BCUT2D eigenvalue weighted by atomic mass is 9.87. The number of carbonyl (C=O) groups excluding carboxylic acids is 1. The number of aromatic amines is 1. The van der Waals surface area contributed by atoms with Gasteiger partial charge in [-0.2, -0.15) is 18.3 Å². The minimum absolute atomic E-state index is 0.0380. The van der Waals surface area contributed by atoms with Crippen LogP contribution in [0.4, 0.5) is 24.7 Å². The quantitative estimate of drug-likeness (QED) is 0.321. The molecule has 0 unspecified atom stereocenters. The molecule has 5 rings (SSSR count). The number of halogens is 3. The maximum Gasteiger partial charge on any atom is 0.390 e. The monoisotopic (exact) mass is 532 g/mol. The normalized spacial score (nSPS) is 15.8. The van der Waals surface area contributed by atoms with Gasteiger partial charge < -0.3 is 15.0 Å². The van der Waals surface area contributed by atoms with Gasteiger partial charge in [0.1, 0.15) is 22.7 Å². The Labute approximate surface area is 215 Å². The summed E-state index contributed by atoms with van der Waals surface area (Å²) in [7, 11) is 1.44. The van der Waals surface area contributed by atoms with Crippen molar-refractivity contribution in [2.45, 2.75) is 51.8 Å². The van der Waals surface area contributed by atoms with E-state index in [0.717, 1.165) is 37.2 Å². The van der Waals surface area contributed by atoms with Crippen LogP contribution < -0.4 is 10.1 Å². The zero-order chi connectivity index (χ0) is 26.3. The molecule has 0 spiro atoms. The highest BCUT2D eigenvalue weighted by atomic mass is 32.1. The second-order valence-corrected chi connectivity index (χ2v) is 10.7. The van der Waals surface area contributed by atoms with Gasteiger partial charge in [-0.15, -0.1) is 11.3 Å². The minimum Gasteiger partial charge on any atom is -0.489 e. The van der Waals surface area contributed by atoms with Crippen LogP contribution in [0.25, 0.3) is 21.1 Å². The van der Waals surface area contributed by atoms with E-state index in [0.29, 0.717) is 30.8 Å². The van der Waals surface area contributed by atoms with E-state index < -0.39 is 12.6 Å². The molecule has 0 saturated heterocycles. The summed E-state index contributed by atoms with van der Waals surface area (Å²) in [4.78, 5) is 24.9. The number of alkyl halides is 3. The Hall–Kier alpha value is -3.41. The zero-order valence-corrected chi connectivity index (χ0v) is 21.5. The summed E-state index contributed by atoms with van der Waals surface area (Å²) in [6, 6.07) is 3.85. The second-order valence-electron chi connectivity index (χ2n) is 9.57. The number of amides is 1. The Kier molecular flexibility index (Phi) is 6.69. The second kappa shape index (κ2) is 9.81. The van der Waals surface area contributed by atoms with Gasteiger partial charge in [-0.05, 0) is 44.7 Å². The number of fused-ring (bicyclic) bond motifs is 4. The Morgan fingerprint density at radius 1 is 1.32 bits per heavy atom. The molecule has 12 heteroatoms. The Morgan fingerprint density at radius 2 is 2.14 bits per heavy atom. The number of ether oxygens (including phenoxy) is 1. The summed E-state index contributed by atoms with van der Waals surface area (Å²) in [6.07, 6.45) is -0.429. The molecule has 0 saturated carbocycles. The molecule has 3 aromatic heterocycles. The van der Waals surface area contributed by atoms with Crippen LogP contribution in [-0.4, -0.2) is 56.8 Å². The SMILES string of the molecule is CC(C)Oc1cc2[nH]ncc2cc1Nc1ncnc2sc3c(c12)CC[C@H](C(=O)N(C)CCC(F)(F)F)C3. The summed E-state index contributed by atoms with van der Waals surface area (Å²) in [6.45, 7) is 3.58. The number of carbonyl (C=O) groups is 1. The highest BCUT2D eigenvalue weighted by Gasteiger charge is 2.33. The number of aromatic nitrogens is 4. The predicted molar refractivity (Wildman–Crippen MR) is 136 cm³/mol. The van der Waals surface area contributed by atoms with Crippen LogP contribution in [0, 0.1) is 5.92 Å². The van der Waals surface area contributed by atoms with Crippen LogP contribution in [0.1, 0.15) is 37.1 Å². The maximum atomic E-state index is 12.9. The van der Waals surface area contributed by atoms with E-state index >= 15 is 0 Å². The van der Waals surface area contributed by atoms with Crippen molar-refractivity contribution < 1.29 is 22.7 Å². The van der Waals surface area contributed by atoms with Crippen molar-refractivity contribution in [2.24, 2.45) is 5.92 Å². The van der Waals surface area contributed by atoms with Gasteiger partial charge in [0.15, 0.2) is 0 Å². The average molecular weight is 533 g/mol. The Morgan fingerprint density at radius 3 is 2.89 bits per heavy atom. The van der Waals surface area contributed by atoms with E-state index in [4.69, 9.17) is 4.74 Å². The van der Waals surface area contributed by atoms with Crippen LogP contribution in [0.5, 0.6) is 5.75 Å². The molecule has 1 aromatic carbocycles. The molecule has 196 valence electrons. The van der Waals surface area contributed by atoms with Gasteiger partial charge in [0.25, 0.3) is 0 Å². The van der Waals surface area contributed by atoms with Crippen LogP contribution in [0.15, 0.2) is 24.7 Å². The smallest absolute Gasteiger partial charge is 0.390 e. The molecule has 3 heterocycles. The molecule has 8 nitrogen and oxygen atoms in total. The predicted octanol–water partition coefficient (Wildman–Crippen LogP) is 5.61. The number of hydrogen-bond acceptors (Lipinski definition) is 7. The van der Waals surface area contributed by atoms with Crippen molar-refractivity contribution in [3.8, 4) is 5.75 Å². The van der Waals surface area contributed by atoms with Crippen LogP contribution in [0.2, 0.25) is 0 Å². The van der Waals surface area contributed by atoms with Crippen molar-refractivity contribution in [1.82, 2.24) is 25.1 Å². The van der Waals surface area contributed by atoms with Gasteiger partial charge in [-0.3, -0.25) is 9.89 Å². The van der Waals surface area contributed by atoms with Gasteiger partial charge in [-0.1, -0.05) is 0 Å². The number of benzene rings is 1. The van der Waals surface area contributed by atoms with Gasteiger partial charge in [0.2, 0.25) is 5.91 Å². The van der Waals surface area contributed by atoms with Crippen molar-refractivity contribution >= 4 is 49.9 Å². The highest BCUT2D eigenvalue weighted by Crippen LogP contribution is 2.42. The summed E-state index contributed by atoms with van der Waals surface area (Å²) in [5.41, 5.74) is 2.69. The summed E-state index contributed by atoms with van der Waals surface area (Å²) >= 11 is 1.51. The van der Waals surface area contributed by atoms with Gasteiger partial charge >= 0.3 is 6.18 Å². The third-order valence-electron chi connectivity index (χ3n) is 6.46. The molecular formula is C25H27F3N6O2S. The molecule has 0 fully saturated rings. The maximum absolute atomic E-state index is 12.9. The number of nitrogens with one attached hydrogen (secondary N) is 2. The average Bonchev–Trinajstić information content (AvgIpc) is 3.45. The van der Waals surface area contributed by atoms with Gasteiger partial charge in [0.05, 0.1) is 35.3 Å². The van der Waals surface area contributed by atoms with E-state index in [1.807, 2.05) is 26.0 Å². The zero-order valence-electron chi connectivity index (χ0n) is 20.6. The molecule has 0 aliphatic heterocycles. The first-order chi connectivity index (χ1) is 17.6. The van der Waals surface area contributed by atoms with E-state index in [2.05, 4.69) is 25.5 Å². The van der Waals surface area contributed by atoms with Crippen molar-refractivity contribution in [2.75, 3.05) is 18.9 Å². The molecule has 4 aromatic rings. The fraction of sp³-hybridized carbons (Fsp3) is 0.440. The molecule has 1 atom stereocenters. The third kappa shape index (κ3) is 5.34. The number of H-pyrrole nitrogens is 1. The molecule has 1 aliphatic carbocycles. The van der Waals surface area contributed by atoms with Crippen molar-refractivity contribution in [3.63, 3.8) is 0 Å². The van der Waals surface area contributed by atoms with Crippen molar-refractivity contribution in [3.05, 3.63) is 35.1 Å². The van der Waals surface area contributed by atoms with Gasteiger partial charge in [0, 0.05) is 35.8 Å². The largest absolute Gasteiger partial charge is 0.489 e. The fourth-order valence-corrected chi connectivity index (χ4v) is 5.95. The summed E-state index contributed by atoms with van der Waals surface area (Å²) < 4.78 is 43.9. The van der Waals surface area contributed by atoms with Crippen LogP contribution in [-0.2, 0) is 17.6 Å². The van der Waals surface area contributed by atoms with E-state index in [1.165, 1.54) is 29.6 Å². The first kappa shape index (κ1) is 25.2. The molecule has 2 N–H and O–H groups in total. The van der Waals surface area contributed by atoms with Gasteiger partial charge in [-0.25, -0.2) is 9.97 Å². The first-order valence-corrected chi connectivity index (χ1v) is 12.9. The van der Waals surface area contributed by atoms with Crippen molar-refractivity contribution in [1.29, 1.82) is 0 Å². The molecule has 0 bridgehead atoms. The first-order valence-electron chi connectivity index (χ1n) is 12.1. The van der Waals surface area contributed by atoms with E-state index in [-0.39, 0.29) is 24.5 Å². The summed E-state index contributed by atoms with van der Waals surface area (Å²) in [5.74, 6) is 0.708. The third-order valence-corrected chi connectivity index (χ3v) is 7.62. The van der Waals surface area contributed by atoms with Crippen LogP contribution >= 0.6 is 11.3 Å². The fourth-order valence-electron chi connectivity index (χ4n) is 4.68. The van der Waals surface area contributed by atoms with E-state index in [1.54, 1.807) is 6.20 Å². The molecule has 1 aliphatic rings. The lowest BCUT2D eigenvalue weighted by molar-refractivity contribution is -0.146. The standard InChI is InChI=1S/C25H27F3N6O2S/c1-13(2)36-19-10-17-15(11-31-33-17)8-18(19)32-22-21-16-5-4-14(9-20(16)37-23(21)30-12-29-22)24(35)34(3)7-6-25(26,27)28/h8,10-14H,4-7,9H2,1-3H3,(H,31,33)(H,29,30,32)/t14-/m0/s1. The highest BCUT2D eigenvalue weighted by molar-refractivity contribution is 7.19. The number of aryl methyl sites for hydroxylation is 1. The molecule has 37 heavy (non-hydrogen) atoms. The number of nitrogens with zero attached hydrogens (tertiary/aromatic N) is 4. The number of anilines is 2. The van der Waals surface area contributed by atoms with Crippen LogP contribution in [0.3, 0.4) is 0 Å². The molecular weight excluding hydrogens is 505 g/mol. The lowest BCUT2D eigenvalue weighted by Gasteiger charge is -2.27. The summed E-state index contributed by atoms with van der Waals surface area (Å²) in [5, 5.41) is 12.3. The number of rotatable bonds is 7. The Balaban J connectivity index is 1.42. The molecule has 0 radical (unpaired) electrons. The molecule has 1 amide bonds. The van der Waals surface area contributed by atoms with E-state index in [9.17, 15) is 18.0 Å². The topological polar surface area (TPSA) is 96.0 Å².